The molecule has 0 saturated heterocycles. The number of ether oxygens (including phenoxy) is 1. The van der Waals surface area contributed by atoms with Gasteiger partial charge in [-0.1, -0.05) is 41.9 Å². The molecule has 2 N–H and O–H groups in total. The second-order valence-corrected chi connectivity index (χ2v) is 10.9. The Morgan fingerprint density at radius 1 is 1.00 bits per heavy atom. The summed E-state index contributed by atoms with van der Waals surface area (Å²) < 4.78 is 34.1. The second kappa shape index (κ2) is 10.6. The Hall–Kier alpha value is -3.24. The molecule has 4 aromatic rings. The van der Waals surface area contributed by atoms with Gasteiger partial charge in [-0.2, -0.15) is 4.72 Å². The number of carbonyl (C=O) groups is 2. The van der Waals surface area contributed by atoms with Gasteiger partial charge in [-0.3, -0.25) is 4.79 Å². The summed E-state index contributed by atoms with van der Waals surface area (Å²) in [6.07, 6.45) is 0.146. The third kappa shape index (κ3) is 6.07. The van der Waals surface area contributed by atoms with Crippen molar-refractivity contribution in [3.8, 4) is 0 Å². The first-order chi connectivity index (χ1) is 16.7. The minimum atomic E-state index is -4.00. The van der Waals surface area contributed by atoms with Crippen LogP contribution in [0.1, 0.15) is 15.2 Å². The number of esters is 1. The molecule has 3 aromatic carbocycles. The predicted molar refractivity (Wildman–Crippen MR) is 138 cm³/mol. The van der Waals surface area contributed by atoms with Crippen molar-refractivity contribution in [3.63, 3.8) is 0 Å². The molecule has 180 valence electrons. The van der Waals surface area contributed by atoms with Crippen LogP contribution < -0.4 is 10.0 Å². The fourth-order valence-electron chi connectivity index (χ4n) is 3.46. The fourth-order valence-corrected chi connectivity index (χ4v) is 5.74. The van der Waals surface area contributed by atoms with E-state index in [2.05, 4.69) is 10.0 Å². The van der Waals surface area contributed by atoms with E-state index in [-0.39, 0.29) is 11.3 Å². The predicted octanol–water partition coefficient (Wildman–Crippen LogP) is 4.87. The lowest BCUT2D eigenvalue weighted by atomic mass is 10.1. The minimum Gasteiger partial charge on any atom is -0.465 e. The summed E-state index contributed by atoms with van der Waals surface area (Å²) >= 11 is 7.16. The molecule has 0 radical (unpaired) electrons. The van der Waals surface area contributed by atoms with Gasteiger partial charge in [0.25, 0.3) is 0 Å². The lowest BCUT2D eigenvalue weighted by Crippen LogP contribution is -2.45. The summed E-state index contributed by atoms with van der Waals surface area (Å²) in [7, 11) is -2.68. The lowest BCUT2D eigenvalue weighted by molar-refractivity contribution is -0.117. The van der Waals surface area contributed by atoms with Gasteiger partial charge in [-0.25, -0.2) is 13.2 Å². The minimum absolute atomic E-state index is 0.00259. The van der Waals surface area contributed by atoms with Crippen molar-refractivity contribution in [2.75, 3.05) is 12.4 Å². The molecule has 0 unspecified atom stereocenters. The number of halogens is 1. The zero-order valence-electron chi connectivity index (χ0n) is 18.5. The van der Waals surface area contributed by atoms with Gasteiger partial charge in [0.15, 0.2) is 0 Å². The van der Waals surface area contributed by atoms with Crippen molar-refractivity contribution in [1.29, 1.82) is 0 Å². The number of sulfonamides is 1. The number of methoxy groups -OCH3 is 1. The number of carbonyl (C=O) groups excluding carboxylic acids is 2. The summed E-state index contributed by atoms with van der Waals surface area (Å²) in [5, 5.41) is 3.95. The van der Waals surface area contributed by atoms with Crippen molar-refractivity contribution < 1.29 is 22.7 Å². The summed E-state index contributed by atoms with van der Waals surface area (Å²) in [5.74, 6) is -0.953. The molecule has 0 aliphatic heterocycles. The van der Waals surface area contributed by atoms with E-state index in [0.29, 0.717) is 15.6 Å². The van der Waals surface area contributed by atoms with E-state index in [1.165, 1.54) is 42.7 Å². The number of benzene rings is 3. The van der Waals surface area contributed by atoms with Gasteiger partial charge in [0.05, 0.1) is 12.0 Å². The van der Waals surface area contributed by atoms with Crippen molar-refractivity contribution in [2.24, 2.45) is 0 Å². The van der Waals surface area contributed by atoms with Crippen molar-refractivity contribution >= 4 is 60.6 Å². The van der Waals surface area contributed by atoms with E-state index in [1.54, 1.807) is 24.3 Å². The van der Waals surface area contributed by atoms with Crippen LogP contribution in [0.5, 0.6) is 0 Å². The molecule has 1 atom stereocenters. The summed E-state index contributed by atoms with van der Waals surface area (Å²) in [6.45, 7) is 0. The van der Waals surface area contributed by atoms with E-state index in [9.17, 15) is 18.0 Å². The van der Waals surface area contributed by atoms with Crippen LogP contribution in [0.15, 0.2) is 83.8 Å². The molecule has 0 fully saturated rings. The third-order valence-corrected chi connectivity index (χ3v) is 8.03. The van der Waals surface area contributed by atoms with E-state index in [1.807, 2.05) is 30.3 Å². The van der Waals surface area contributed by atoms with E-state index >= 15 is 0 Å². The van der Waals surface area contributed by atoms with Gasteiger partial charge in [0, 0.05) is 15.4 Å². The van der Waals surface area contributed by atoms with Crippen molar-refractivity contribution in [1.82, 2.24) is 4.72 Å². The zero-order chi connectivity index (χ0) is 25.0. The number of fused-ring (bicyclic) bond motifs is 1. The molecule has 0 bridgehead atoms. The van der Waals surface area contributed by atoms with Gasteiger partial charge in [0.1, 0.15) is 10.9 Å². The second-order valence-electron chi connectivity index (χ2n) is 7.66. The molecule has 7 nitrogen and oxygen atoms in total. The van der Waals surface area contributed by atoms with Crippen LogP contribution in [-0.4, -0.2) is 33.4 Å². The number of anilines is 1. The molecule has 35 heavy (non-hydrogen) atoms. The van der Waals surface area contributed by atoms with Gasteiger partial charge in [-0.15, -0.1) is 11.3 Å². The standard InChI is InChI=1S/C25H21ClN2O5S2/c1-33-25(30)23-15-17-14-19(9-12-22(17)34-23)27-24(29)21(13-16-5-3-2-4-6-16)28-35(31,32)20-10-7-18(26)8-11-20/h2-12,14-15,21,28H,13H2,1H3,(H,27,29)/t21-/m0/s1. The normalized spacial score (nSPS) is 12.3. The number of hydrogen-bond donors (Lipinski definition) is 2. The monoisotopic (exact) mass is 528 g/mol. The molecule has 1 heterocycles. The molecule has 1 amide bonds. The number of nitrogens with one attached hydrogen (secondary N) is 2. The number of amides is 1. The van der Waals surface area contributed by atoms with Crippen LogP contribution in [0.25, 0.3) is 10.1 Å². The third-order valence-electron chi connectivity index (χ3n) is 5.19. The topological polar surface area (TPSA) is 102 Å². The maximum Gasteiger partial charge on any atom is 0.348 e. The molecule has 10 heteroatoms. The SMILES string of the molecule is COC(=O)c1cc2cc(NC(=O)[C@H](Cc3ccccc3)NS(=O)(=O)c3ccc(Cl)cc3)ccc2s1. The van der Waals surface area contributed by atoms with Crippen molar-refractivity contribution in [2.45, 2.75) is 17.4 Å². The molecular weight excluding hydrogens is 508 g/mol. The first kappa shape index (κ1) is 24.9. The van der Waals surface area contributed by atoms with Crippen LogP contribution in [0, 0.1) is 0 Å². The van der Waals surface area contributed by atoms with Crippen LogP contribution in [0.2, 0.25) is 5.02 Å². The Kier molecular flexibility index (Phi) is 7.51. The highest BCUT2D eigenvalue weighted by molar-refractivity contribution is 7.89. The van der Waals surface area contributed by atoms with Gasteiger partial charge < -0.3 is 10.1 Å². The average molecular weight is 529 g/mol. The van der Waals surface area contributed by atoms with Crippen molar-refractivity contribution in [3.05, 3.63) is 94.3 Å². The maximum absolute atomic E-state index is 13.2. The van der Waals surface area contributed by atoms with Gasteiger partial charge in [-0.05, 0) is 65.9 Å². The molecule has 0 aliphatic carbocycles. The molecule has 0 aliphatic rings. The fraction of sp³-hybridized carbons (Fsp3) is 0.120. The van der Waals surface area contributed by atoms with Gasteiger partial charge in [0.2, 0.25) is 15.9 Å². The zero-order valence-corrected chi connectivity index (χ0v) is 20.9. The number of rotatable bonds is 8. The van der Waals surface area contributed by atoms with E-state index in [0.717, 1.165) is 15.6 Å². The largest absolute Gasteiger partial charge is 0.465 e. The molecule has 0 saturated carbocycles. The lowest BCUT2D eigenvalue weighted by Gasteiger charge is -2.19. The molecule has 4 rings (SSSR count). The Bertz CT molecular complexity index is 1470. The quantitative estimate of drug-likeness (QED) is 0.318. The Labute approximate surface area is 211 Å². The first-order valence-corrected chi connectivity index (χ1v) is 13.2. The summed E-state index contributed by atoms with van der Waals surface area (Å²) in [4.78, 5) is 25.5. The van der Waals surface area contributed by atoms with Crippen LogP contribution in [0.4, 0.5) is 5.69 Å². The van der Waals surface area contributed by atoms with Crippen LogP contribution >= 0.6 is 22.9 Å². The smallest absolute Gasteiger partial charge is 0.348 e. The number of thiophene rings is 1. The van der Waals surface area contributed by atoms with Crippen LogP contribution in [-0.2, 0) is 26.0 Å². The highest BCUT2D eigenvalue weighted by atomic mass is 35.5. The Morgan fingerprint density at radius 3 is 2.40 bits per heavy atom. The molecular formula is C25H21ClN2O5S2. The van der Waals surface area contributed by atoms with E-state index in [4.69, 9.17) is 16.3 Å². The van der Waals surface area contributed by atoms with Gasteiger partial charge >= 0.3 is 5.97 Å². The first-order valence-electron chi connectivity index (χ1n) is 10.5. The number of hydrogen-bond acceptors (Lipinski definition) is 6. The summed E-state index contributed by atoms with van der Waals surface area (Å²) in [5.41, 5.74) is 1.27. The average Bonchev–Trinajstić information content (AvgIpc) is 3.27. The maximum atomic E-state index is 13.2. The Balaban J connectivity index is 1.59. The Morgan fingerprint density at radius 2 is 1.71 bits per heavy atom. The van der Waals surface area contributed by atoms with Crippen LogP contribution in [0.3, 0.4) is 0 Å². The molecule has 0 spiro atoms. The van der Waals surface area contributed by atoms with E-state index < -0.39 is 27.9 Å². The summed E-state index contributed by atoms with van der Waals surface area (Å²) in [6, 6.07) is 20.6. The highest BCUT2D eigenvalue weighted by Crippen LogP contribution is 2.29. The highest BCUT2D eigenvalue weighted by Gasteiger charge is 2.26. The molecule has 1 aromatic heterocycles.